The van der Waals surface area contributed by atoms with Crippen LogP contribution in [0.5, 0.6) is 11.5 Å². The minimum Gasteiger partial charge on any atom is -0.457 e. The molecule has 0 bridgehead atoms. The monoisotopic (exact) mass is 778 g/mol. The van der Waals surface area contributed by atoms with Crippen molar-refractivity contribution in [1.82, 2.24) is 19.5 Å². The van der Waals surface area contributed by atoms with E-state index in [4.69, 9.17) is 19.7 Å². The van der Waals surface area contributed by atoms with Gasteiger partial charge >= 0.3 is 0 Å². The highest BCUT2D eigenvalue weighted by Crippen LogP contribution is 2.62. The zero-order valence-electron chi connectivity index (χ0n) is 32.4. The lowest BCUT2D eigenvalue weighted by Gasteiger charge is -2.39. The Morgan fingerprint density at radius 2 is 0.967 bits per heavy atom. The molecule has 3 heterocycles. The van der Waals surface area contributed by atoms with Gasteiger partial charge in [0, 0.05) is 38.7 Å². The summed E-state index contributed by atoms with van der Waals surface area (Å²) in [6.45, 7) is 0. The van der Waals surface area contributed by atoms with Gasteiger partial charge in [-0.15, -0.1) is 0 Å². The molecule has 7 heteroatoms. The molecule has 2 aromatic heterocycles. The maximum absolute atomic E-state index is 10.9. The van der Waals surface area contributed by atoms with Crippen LogP contribution in [0.15, 0.2) is 182 Å². The molecule has 61 heavy (non-hydrogen) atoms. The third-order valence-corrected chi connectivity index (χ3v) is 12.2. The predicted molar refractivity (Wildman–Crippen MR) is 237 cm³/mol. The number of nitriles is 2. The highest BCUT2D eigenvalue weighted by molar-refractivity contribution is 6.12. The fourth-order valence-corrected chi connectivity index (χ4v) is 9.68. The number of fused-ring (bicyclic) bond motifs is 12. The topological polar surface area (TPSA) is 100 Å². The Morgan fingerprint density at radius 3 is 1.59 bits per heavy atom. The third kappa shape index (κ3) is 4.93. The molecule has 1 spiro atoms. The molecular formula is C54H30N6O. The summed E-state index contributed by atoms with van der Waals surface area (Å²) in [4.78, 5) is 14.6. The summed E-state index contributed by atoms with van der Waals surface area (Å²) >= 11 is 0. The third-order valence-electron chi connectivity index (χ3n) is 12.2. The van der Waals surface area contributed by atoms with E-state index in [9.17, 15) is 10.5 Å². The number of nitrogens with zero attached hydrogens (tertiary/aromatic N) is 6. The van der Waals surface area contributed by atoms with Gasteiger partial charge in [0.2, 0.25) is 0 Å². The number of hydrogen-bond acceptors (Lipinski definition) is 6. The molecule has 0 saturated carbocycles. The van der Waals surface area contributed by atoms with Gasteiger partial charge in [-0.3, -0.25) is 0 Å². The maximum Gasteiger partial charge on any atom is 0.166 e. The van der Waals surface area contributed by atoms with E-state index in [-0.39, 0.29) is 17.0 Å². The van der Waals surface area contributed by atoms with Gasteiger partial charge in [-0.25, -0.2) is 15.0 Å². The number of para-hydroxylation sites is 3. The first kappa shape index (κ1) is 34.4. The lowest BCUT2D eigenvalue weighted by Crippen LogP contribution is -2.32. The lowest BCUT2D eigenvalue weighted by atomic mass is 9.66. The van der Waals surface area contributed by atoms with Crippen LogP contribution in [-0.4, -0.2) is 19.5 Å². The number of rotatable bonds is 4. The van der Waals surface area contributed by atoms with E-state index in [2.05, 4.69) is 108 Å². The summed E-state index contributed by atoms with van der Waals surface area (Å²) in [5.41, 5.74) is 11.3. The van der Waals surface area contributed by atoms with E-state index >= 15 is 0 Å². The molecule has 7 nitrogen and oxygen atoms in total. The summed E-state index contributed by atoms with van der Waals surface area (Å²) in [6, 6.07) is 66.3. The van der Waals surface area contributed by atoms with Crippen LogP contribution in [0, 0.1) is 22.7 Å². The van der Waals surface area contributed by atoms with Crippen molar-refractivity contribution in [1.29, 1.82) is 10.5 Å². The second-order valence-electron chi connectivity index (χ2n) is 15.3. The molecule has 1 aliphatic heterocycles. The zero-order chi connectivity index (χ0) is 40.7. The first-order valence-electron chi connectivity index (χ1n) is 20.1. The fourth-order valence-electron chi connectivity index (χ4n) is 9.68. The molecule has 0 unspecified atom stereocenters. The molecule has 0 fully saturated rings. The number of hydrogen-bond donors (Lipinski definition) is 0. The van der Waals surface area contributed by atoms with Gasteiger partial charge in [0.15, 0.2) is 17.5 Å². The normalized spacial score (nSPS) is 12.8. The van der Waals surface area contributed by atoms with E-state index in [1.807, 2.05) is 91.0 Å². The highest BCUT2D eigenvalue weighted by atomic mass is 16.5. The van der Waals surface area contributed by atoms with Gasteiger partial charge in [-0.05, 0) is 64.7 Å². The summed E-state index contributed by atoms with van der Waals surface area (Å²) in [6.07, 6.45) is 0. The number of benzene rings is 8. The van der Waals surface area contributed by atoms with Crippen molar-refractivity contribution in [2.45, 2.75) is 5.41 Å². The van der Waals surface area contributed by atoms with Crippen LogP contribution < -0.4 is 4.74 Å². The van der Waals surface area contributed by atoms with Gasteiger partial charge in [0.1, 0.15) is 23.6 Å². The second kappa shape index (κ2) is 13.2. The molecule has 0 atom stereocenters. The molecule has 0 amide bonds. The van der Waals surface area contributed by atoms with Gasteiger partial charge < -0.3 is 9.30 Å². The lowest BCUT2D eigenvalue weighted by molar-refractivity contribution is 0.436. The smallest absolute Gasteiger partial charge is 0.166 e. The Labute approximate surface area is 350 Å². The van der Waals surface area contributed by atoms with Crippen molar-refractivity contribution in [2.75, 3.05) is 0 Å². The molecule has 8 aromatic carbocycles. The van der Waals surface area contributed by atoms with Crippen molar-refractivity contribution >= 4 is 21.8 Å². The van der Waals surface area contributed by atoms with Crippen LogP contribution in [0.3, 0.4) is 0 Å². The maximum atomic E-state index is 10.9. The van der Waals surface area contributed by atoms with E-state index < -0.39 is 5.41 Å². The number of aromatic nitrogens is 4. The standard InChI is InChI=1S/C54H30N6O/c55-31-35-27-37(28-36(32-56)50(35)53-58-51(33-15-3-1-4-16-33)57-52(59-53)34-17-5-2-6-18-34)60-46-24-12-8-20-39(46)41-29-45-40(30-47(41)60)38-19-7-9-21-42(38)54(45)43-22-10-13-25-48(43)61-49-26-14-11-23-44(49)54/h1-30H. The molecule has 12 rings (SSSR count). The Kier molecular flexibility index (Phi) is 7.44. The van der Waals surface area contributed by atoms with Crippen molar-refractivity contribution in [3.63, 3.8) is 0 Å². The Hall–Kier alpha value is -8.65. The minimum absolute atomic E-state index is 0.256. The van der Waals surface area contributed by atoms with E-state index in [0.717, 1.165) is 66.7 Å². The first-order valence-corrected chi connectivity index (χ1v) is 20.1. The first-order chi connectivity index (χ1) is 30.1. The van der Waals surface area contributed by atoms with Gasteiger partial charge in [0.05, 0.1) is 33.1 Å². The van der Waals surface area contributed by atoms with Crippen LogP contribution in [0.2, 0.25) is 0 Å². The molecule has 282 valence electrons. The van der Waals surface area contributed by atoms with Gasteiger partial charge in [-0.1, -0.05) is 140 Å². The molecule has 0 radical (unpaired) electrons. The fraction of sp³-hybridized carbons (Fsp3) is 0.0185. The average Bonchev–Trinajstić information content (AvgIpc) is 3.80. The van der Waals surface area contributed by atoms with Crippen LogP contribution in [0.4, 0.5) is 0 Å². The SMILES string of the molecule is N#Cc1cc(-n2c3ccccc3c3cc4c(cc32)-c2ccccc2C42c3ccccc3Oc3ccccc32)cc(C#N)c1-c1nc(-c2ccccc2)nc(-c2ccccc2)n1. The van der Waals surface area contributed by atoms with Gasteiger partial charge in [0.25, 0.3) is 0 Å². The Bertz CT molecular complexity index is 3400. The van der Waals surface area contributed by atoms with Gasteiger partial charge in [-0.2, -0.15) is 10.5 Å². The minimum atomic E-state index is -0.625. The Morgan fingerprint density at radius 1 is 0.443 bits per heavy atom. The molecule has 1 aliphatic carbocycles. The van der Waals surface area contributed by atoms with Crippen molar-refractivity contribution in [2.24, 2.45) is 0 Å². The van der Waals surface area contributed by atoms with E-state index in [1.165, 1.54) is 11.1 Å². The number of ether oxygens (including phenoxy) is 1. The molecule has 2 aliphatic rings. The summed E-state index contributed by atoms with van der Waals surface area (Å²) in [5.74, 6) is 2.83. The van der Waals surface area contributed by atoms with E-state index in [0.29, 0.717) is 22.9 Å². The molecular weight excluding hydrogens is 749 g/mol. The molecule has 10 aromatic rings. The second-order valence-corrected chi connectivity index (χ2v) is 15.3. The molecule has 0 N–H and O–H groups in total. The van der Waals surface area contributed by atoms with Crippen molar-refractivity contribution < 1.29 is 4.74 Å². The summed E-state index contributed by atoms with van der Waals surface area (Å²) < 4.78 is 8.76. The highest BCUT2D eigenvalue weighted by Gasteiger charge is 2.51. The average molecular weight is 779 g/mol. The quantitative estimate of drug-likeness (QED) is 0.176. The molecule has 0 saturated heterocycles. The van der Waals surface area contributed by atoms with Crippen LogP contribution in [-0.2, 0) is 5.41 Å². The van der Waals surface area contributed by atoms with Crippen LogP contribution >= 0.6 is 0 Å². The largest absolute Gasteiger partial charge is 0.457 e. The summed E-state index contributed by atoms with van der Waals surface area (Å²) in [5, 5.41) is 23.9. The zero-order valence-corrected chi connectivity index (χ0v) is 32.4. The van der Waals surface area contributed by atoms with Crippen LogP contribution in [0.1, 0.15) is 33.4 Å². The van der Waals surface area contributed by atoms with E-state index in [1.54, 1.807) is 0 Å². The van der Waals surface area contributed by atoms with Crippen LogP contribution in [0.25, 0.3) is 72.8 Å². The summed E-state index contributed by atoms with van der Waals surface area (Å²) in [7, 11) is 0. The Balaban J connectivity index is 1.12. The van der Waals surface area contributed by atoms with Crippen molar-refractivity contribution in [3.8, 4) is 74.6 Å². The predicted octanol–water partition coefficient (Wildman–Crippen LogP) is 12.2. The van der Waals surface area contributed by atoms with Crippen molar-refractivity contribution in [3.05, 3.63) is 215 Å².